The monoisotopic (exact) mass is 271 g/mol. The molecule has 0 radical (unpaired) electrons. The SMILES string of the molecule is CCCc1ccc(S(=O)(=O)NCC(=O)OC)cc1. The van der Waals surface area contributed by atoms with E-state index in [-0.39, 0.29) is 11.4 Å². The van der Waals surface area contributed by atoms with Crippen molar-refractivity contribution in [1.82, 2.24) is 4.72 Å². The maximum atomic E-state index is 11.8. The number of ether oxygens (including phenoxy) is 1. The number of hydrogen-bond acceptors (Lipinski definition) is 4. The first-order chi connectivity index (χ1) is 8.49. The molecular formula is C12H17NO4S. The Kier molecular flexibility index (Phi) is 5.30. The second-order valence-corrected chi connectivity index (χ2v) is 5.56. The molecule has 1 aromatic rings. The van der Waals surface area contributed by atoms with Crippen LogP contribution in [0.3, 0.4) is 0 Å². The van der Waals surface area contributed by atoms with Gasteiger partial charge in [-0.15, -0.1) is 0 Å². The number of nitrogens with one attached hydrogen (secondary N) is 1. The number of hydrogen-bond donors (Lipinski definition) is 1. The smallest absolute Gasteiger partial charge is 0.320 e. The number of esters is 1. The van der Waals surface area contributed by atoms with Crippen LogP contribution in [0.2, 0.25) is 0 Å². The Hall–Kier alpha value is -1.40. The fourth-order valence-corrected chi connectivity index (χ4v) is 2.40. The quantitative estimate of drug-likeness (QED) is 0.786. The lowest BCUT2D eigenvalue weighted by atomic mass is 10.1. The van der Waals surface area contributed by atoms with Crippen molar-refractivity contribution in [3.63, 3.8) is 0 Å². The highest BCUT2D eigenvalue weighted by molar-refractivity contribution is 7.89. The highest BCUT2D eigenvalue weighted by atomic mass is 32.2. The van der Waals surface area contributed by atoms with Crippen LogP contribution in [-0.2, 0) is 26.0 Å². The van der Waals surface area contributed by atoms with Crippen LogP contribution >= 0.6 is 0 Å². The average Bonchev–Trinajstić information content (AvgIpc) is 2.37. The van der Waals surface area contributed by atoms with Gasteiger partial charge in [-0.2, -0.15) is 4.72 Å². The molecule has 0 fully saturated rings. The molecule has 1 rings (SSSR count). The molecule has 0 saturated carbocycles. The van der Waals surface area contributed by atoms with Crippen molar-refractivity contribution in [2.45, 2.75) is 24.7 Å². The summed E-state index contributed by atoms with van der Waals surface area (Å²) in [7, 11) is -2.44. The molecule has 18 heavy (non-hydrogen) atoms. The van der Waals surface area contributed by atoms with Crippen LogP contribution in [0, 0.1) is 0 Å². The van der Waals surface area contributed by atoms with E-state index in [1.165, 1.54) is 19.2 Å². The molecule has 1 N–H and O–H groups in total. The first kappa shape index (κ1) is 14.7. The van der Waals surface area contributed by atoms with Crippen LogP contribution in [0.15, 0.2) is 29.2 Å². The maximum absolute atomic E-state index is 11.8. The van der Waals surface area contributed by atoms with Crippen LogP contribution in [-0.4, -0.2) is 28.0 Å². The highest BCUT2D eigenvalue weighted by Crippen LogP contribution is 2.11. The lowest BCUT2D eigenvalue weighted by Crippen LogP contribution is -2.30. The topological polar surface area (TPSA) is 72.5 Å². The first-order valence-corrected chi connectivity index (χ1v) is 7.13. The minimum Gasteiger partial charge on any atom is -0.468 e. The summed E-state index contributed by atoms with van der Waals surface area (Å²) >= 11 is 0. The molecule has 0 heterocycles. The minimum absolute atomic E-state index is 0.145. The lowest BCUT2D eigenvalue weighted by Gasteiger charge is -2.06. The van der Waals surface area contributed by atoms with Gasteiger partial charge in [0.1, 0.15) is 6.54 Å². The second kappa shape index (κ2) is 6.51. The van der Waals surface area contributed by atoms with Crippen LogP contribution < -0.4 is 4.72 Å². The van der Waals surface area contributed by atoms with Gasteiger partial charge in [0, 0.05) is 0 Å². The van der Waals surface area contributed by atoms with E-state index in [1.807, 2.05) is 0 Å². The zero-order valence-electron chi connectivity index (χ0n) is 10.5. The molecule has 1 aromatic carbocycles. The molecule has 5 nitrogen and oxygen atoms in total. The third-order valence-electron chi connectivity index (χ3n) is 2.41. The average molecular weight is 271 g/mol. The van der Waals surface area contributed by atoms with Gasteiger partial charge in [0.25, 0.3) is 0 Å². The lowest BCUT2D eigenvalue weighted by molar-refractivity contribution is -0.139. The van der Waals surface area contributed by atoms with Gasteiger partial charge in [-0.25, -0.2) is 8.42 Å². The van der Waals surface area contributed by atoms with Gasteiger partial charge >= 0.3 is 5.97 Å². The van der Waals surface area contributed by atoms with Crippen LogP contribution in [0.1, 0.15) is 18.9 Å². The third kappa shape index (κ3) is 4.12. The Morgan fingerprint density at radius 1 is 1.28 bits per heavy atom. The molecule has 0 atom stereocenters. The van der Waals surface area contributed by atoms with E-state index in [9.17, 15) is 13.2 Å². The summed E-state index contributed by atoms with van der Waals surface area (Å²) in [6.45, 7) is 1.69. The zero-order valence-corrected chi connectivity index (χ0v) is 11.3. The molecule has 0 unspecified atom stereocenters. The fraction of sp³-hybridized carbons (Fsp3) is 0.417. The Bertz CT molecular complexity index is 493. The second-order valence-electron chi connectivity index (χ2n) is 3.79. The molecular weight excluding hydrogens is 254 g/mol. The van der Waals surface area contributed by atoms with Gasteiger partial charge in [-0.1, -0.05) is 25.5 Å². The van der Waals surface area contributed by atoms with E-state index >= 15 is 0 Å². The van der Waals surface area contributed by atoms with Crippen LogP contribution in [0.5, 0.6) is 0 Å². The summed E-state index contributed by atoms with van der Waals surface area (Å²) < 4.78 is 30.1. The van der Waals surface area contributed by atoms with E-state index in [1.54, 1.807) is 12.1 Å². The summed E-state index contributed by atoms with van der Waals surface area (Å²) in [6.07, 6.45) is 1.92. The van der Waals surface area contributed by atoms with Crippen molar-refractivity contribution in [3.05, 3.63) is 29.8 Å². The van der Waals surface area contributed by atoms with E-state index in [2.05, 4.69) is 16.4 Å². The van der Waals surface area contributed by atoms with Crippen molar-refractivity contribution >= 4 is 16.0 Å². The third-order valence-corrected chi connectivity index (χ3v) is 3.82. The molecule has 0 bridgehead atoms. The Balaban J connectivity index is 2.75. The molecule has 0 aliphatic heterocycles. The zero-order chi connectivity index (χ0) is 13.6. The fourth-order valence-electron chi connectivity index (χ4n) is 1.43. The number of methoxy groups -OCH3 is 1. The summed E-state index contributed by atoms with van der Waals surface area (Å²) in [5.74, 6) is -0.624. The molecule has 0 aliphatic rings. The summed E-state index contributed by atoms with van der Waals surface area (Å²) in [4.78, 5) is 11.0. The van der Waals surface area contributed by atoms with Gasteiger partial charge in [0.15, 0.2) is 0 Å². The standard InChI is InChI=1S/C12H17NO4S/c1-3-4-10-5-7-11(8-6-10)18(15,16)13-9-12(14)17-2/h5-8,13H,3-4,9H2,1-2H3. The number of aryl methyl sites for hydroxylation is 1. The molecule has 0 spiro atoms. The number of sulfonamides is 1. The number of benzene rings is 1. The molecule has 0 saturated heterocycles. The number of rotatable bonds is 6. The molecule has 6 heteroatoms. The summed E-state index contributed by atoms with van der Waals surface area (Å²) in [5, 5.41) is 0. The molecule has 0 amide bonds. The van der Waals surface area contributed by atoms with E-state index in [0.29, 0.717) is 0 Å². The maximum Gasteiger partial charge on any atom is 0.320 e. The normalized spacial score (nSPS) is 11.2. The van der Waals surface area contributed by atoms with Crippen LogP contribution in [0.25, 0.3) is 0 Å². The van der Waals surface area contributed by atoms with Gasteiger partial charge < -0.3 is 4.74 Å². The van der Waals surface area contributed by atoms with Crippen LogP contribution in [0.4, 0.5) is 0 Å². The Morgan fingerprint density at radius 3 is 2.39 bits per heavy atom. The summed E-state index contributed by atoms with van der Waals surface area (Å²) in [6, 6.07) is 6.61. The van der Waals surface area contributed by atoms with Gasteiger partial charge in [0.2, 0.25) is 10.0 Å². The van der Waals surface area contributed by atoms with Crippen molar-refractivity contribution in [1.29, 1.82) is 0 Å². The Labute approximate surface area is 107 Å². The van der Waals surface area contributed by atoms with Crippen molar-refractivity contribution in [2.75, 3.05) is 13.7 Å². The van der Waals surface area contributed by atoms with E-state index in [4.69, 9.17) is 0 Å². The molecule has 0 aliphatic carbocycles. The van der Waals surface area contributed by atoms with Crippen molar-refractivity contribution < 1.29 is 17.9 Å². The predicted molar refractivity (Wildman–Crippen MR) is 67.6 cm³/mol. The van der Waals surface area contributed by atoms with E-state index in [0.717, 1.165) is 18.4 Å². The first-order valence-electron chi connectivity index (χ1n) is 5.65. The minimum atomic E-state index is -3.65. The van der Waals surface area contributed by atoms with Crippen molar-refractivity contribution in [3.8, 4) is 0 Å². The summed E-state index contributed by atoms with van der Waals surface area (Å²) in [5.41, 5.74) is 1.09. The van der Waals surface area contributed by atoms with E-state index < -0.39 is 16.0 Å². The number of carbonyl (C=O) groups excluding carboxylic acids is 1. The highest BCUT2D eigenvalue weighted by Gasteiger charge is 2.15. The molecule has 0 aromatic heterocycles. The Morgan fingerprint density at radius 2 is 1.89 bits per heavy atom. The van der Waals surface area contributed by atoms with Gasteiger partial charge in [0.05, 0.1) is 12.0 Å². The molecule has 100 valence electrons. The van der Waals surface area contributed by atoms with Gasteiger partial charge in [-0.05, 0) is 24.1 Å². The van der Waals surface area contributed by atoms with Crippen molar-refractivity contribution in [2.24, 2.45) is 0 Å². The van der Waals surface area contributed by atoms with Gasteiger partial charge in [-0.3, -0.25) is 4.79 Å². The number of carbonyl (C=O) groups is 1. The largest absolute Gasteiger partial charge is 0.468 e. The predicted octanol–water partition coefficient (Wildman–Crippen LogP) is 1.09.